The van der Waals surface area contributed by atoms with Crippen LogP contribution in [0.4, 0.5) is 4.39 Å². The highest BCUT2D eigenvalue weighted by molar-refractivity contribution is 5.64. The first-order valence-electron chi connectivity index (χ1n) is 6.70. The third-order valence-corrected chi connectivity index (χ3v) is 3.51. The number of hydrogen-bond acceptors (Lipinski definition) is 5. The van der Waals surface area contributed by atoms with Gasteiger partial charge in [-0.25, -0.2) is 4.39 Å². The highest BCUT2D eigenvalue weighted by atomic mass is 19.1. The average molecular weight is 306 g/mol. The molecule has 0 spiro atoms. The number of halogens is 1. The van der Waals surface area contributed by atoms with Crippen molar-refractivity contribution in [1.82, 2.24) is 19.7 Å². The number of nitrogens with zero attached hydrogens (tertiary/aromatic N) is 4. The van der Waals surface area contributed by atoms with Gasteiger partial charge in [0.2, 0.25) is 6.41 Å². The maximum atomic E-state index is 13.9. The Labute approximate surface area is 126 Å². The molecule has 1 fully saturated rings. The molecule has 0 aromatic carbocycles. The molecule has 0 bridgehead atoms. The smallest absolute Gasteiger partial charge is 0.209 e. The van der Waals surface area contributed by atoms with Crippen molar-refractivity contribution in [2.75, 3.05) is 20.2 Å². The molecule has 8 heteroatoms. The SMILES string of the molecule is COc1cnn(C)c1-c1cc(OC2CN(C=O)C2)c(F)cn1. The van der Waals surface area contributed by atoms with Crippen LogP contribution in [0.25, 0.3) is 11.4 Å². The minimum absolute atomic E-state index is 0.101. The number of rotatable bonds is 5. The Hall–Kier alpha value is -2.64. The fourth-order valence-corrected chi connectivity index (χ4v) is 2.31. The number of amides is 1. The van der Waals surface area contributed by atoms with Gasteiger partial charge in [0.05, 0.1) is 38.3 Å². The lowest BCUT2D eigenvalue weighted by Gasteiger charge is -2.36. The monoisotopic (exact) mass is 306 g/mol. The number of carbonyl (C=O) groups is 1. The highest BCUT2D eigenvalue weighted by Crippen LogP contribution is 2.31. The van der Waals surface area contributed by atoms with Crippen molar-refractivity contribution in [3.8, 4) is 22.9 Å². The van der Waals surface area contributed by atoms with Crippen LogP contribution >= 0.6 is 0 Å². The number of likely N-dealkylation sites (tertiary alicyclic amines) is 1. The van der Waals surface area contributed by atoms with Crippen molar-refractivity contribution < 1.29 is 18.7 Å². The van der Waals surface area contributed by atoms with Gasteiger partial charge in [-0.3, -0.25) is 14.5 Å². The zero-order valence-corrected chi connectivity index (χ0v) is 12.2. The molecule has 1 aliphatic heterocycles. The number of aryl methyl sites for hydroxylation is 1. The molecule has 3 rings (SSSR count). The molecule has 3 heterocycles. The summed E-state index contributed by atoms with van der Waals surface area (Å²) in [5.41, 5.74) is 1.13. The molecule has 0 unspecified atom stereocenters. The van der Waals surface area contributed by atoms with E-state index in [2.05, 4.69) is 10.1 Å². The van der Waals surface area contributed by atoms with E-state index in [1.54, 1.807) is 22.8 Å². The molecule has 0 radical (unpaired) electrons. The first kappa shape index (κ1) is 14.3. The van der Waals surface area contributed by atoms with E-state index < -0.39 is 5.82 Å². The van der Waals surface area contributed by atoms with E-state index in [4.69, 9.17) is 9.47 Å². The molecule has 2 aromatic heterocycles. The van der Waals surface area contributed by atoms with Crippen molar-refractivity contribution >= 4 is 6.41 Å². The van der Waals surface area contributed by atoms with Gasteiger partial charge in [-0.15, -0.1) is 0 Å². The summed E-state index contributed by atoms with van der Waals surface area (Å²) in [5.74, 6) is 0.0987. The van der Waals surface area contributed by atoms with E-state index in [1.807, 2.05) is 0 Å². The molecule has 116 valence electrons. The van der Waals surface area contributed by atoms with Crippen LogP contribution in [0.1, 0.15) is 0 Å². The van der Waals surface area contributed by atoms with E-state index >= 15 is 0 Å². The van der Waals surface area contributed by atoms with Crippen LogP contribution in [-0.4, -0.2) is 52.4 Å². The van der Waals surface area contributed by atoms with E-state index in [-0.39, 0.29) is 11.9 Å². The Morgan fingerprint density at radius 3 is 2.82 bits per heavy atom. The molecular weight excluding hydrogens is 291 g/mol. The molecule has 0 aliphatic carbocycles. The predicted molar refractivity (Wildman–Crippen MR) is 75.0 cm³/mol. The molecule has 2 aromatic rings. The zero-order valence-electron chi connectivity index (χ0n) is 12.2. The Morgan fingerprint density at radius 2 is 2.14 bits per heavy atom. The van der Waals surface area contributed by atoms with Crippen molar-refractivity contribution in [1.29, 1.82) is 0 Å². The average Bonchev–Trinajstić information content (AvgIpc) is 2.85. The molecule has 1 saturated heterocycles. The van der Waals surface area contributed by atoms with Crippen molar-refractivity contribution in [2.45, 2.75) is 6.10 Å². The van der Waals surface area contributed by atoms with Gasteiger partial charge in [0, 0.05) is 13.1 Å². The maximum absolute atomic E-state index is 13.9. The van der Waals surface area contributed by atoms with Crippen LogP contribution < -0.4 is 9.47 Å². The molecule has 0 N–H and O–H groups in total. The normalized spacial score (nSPS) is 14.6. The zero-order chi connectivity index (χ0) is 15.7. The summed E-state index contributed by atoms with van der Waals surface area (Å²) in [5, 5.41) is 4.10. The van der Waals surface area contributed by atoms with Gasteiger partial charge in [-0.05, 0) is 0 Å². The second kappa shape index (κ2) is 5.63. The summed E-state index contributed by atoms with van der Waals surface area (Å²) in [4.78, 5) is 16.2. The first-order valence-corrected chi connectivity index (χ1v) is 6.70. The number of methoxy groups -OCH3 is 1. The summed E-state index contributed by atoms with van der Waals surface area (Å²) in [6.45, 7) is 0.908. The van der Waals surface area contributed by atoms with Crippen LogP contribution in [-0.2, 0) is 11.8 Å². The molecule has 1 aliphatic rings. The second-order valence-electron chi connectivity index (χ2n) is 4.98. The van der Waals surface area contributed by atoms with E-state index in [9.17, 15) is 9.18 Å². The van der Waals surface area contributed by atoms with Gasteiger partial charge >= 0.3 is 0 Å². The van der Waals surface area contributed by atoms with E-state index in [0.29, 0.717) is 30.2 Å². The summed E-state index contributed by atoms with van der Waals surface area (Å²) in [6.07, 6.45) is 3.21. The lowest BCUT2D eigenvalue weighted by Crippen LogP contribution is -2.52. The fraction of sp³-hybridized carbons (Fsp3) is 0.357. The first-order chi connectivity index (χ1) is 10.6. The van der Waals surface area contributed by atoms with E-state index in [1.165, 1.54) is 13.2 Å². The maximum Gasteiger partial charge on any atom is 0.209 e. The molecule has 22 heavy (non-hydrogen) atoms. The van der Waals surface area contributed by atoms with E-state index in [0.717, 1.165) is 12.6 Å². The number of hydrogen-bond donors (Lipinski definition) is 0. The minimum atomic E-state index is -0.547. The lowest BCUT2D eigenvalue weighted by atomic mass is 10.2. The van der Waals surface area contributed by atoms with Gasteiger partial charge in [0.1, 0.15) is 11.8 Å². The molecular formula is C14H15FN4O3. The Morgan fingerprint density at radius 1 is 1.36 bits per heavy atom. The predicted octanol–water partition coefficient (Wildman–Crippen LogP) is 0.849. The fourth-order valence-electron chi connectivity index (χ4n) is 2.31. The summed E-state index contributed by atoms with van der Waals surface area (Å²) < 4.78 is 26.3. The third kappa shape index (κ3) is 2.47. The van der Waals surface area contributed by atoms with Gasteiger partial charge in [0.25, 0.3) is 0 Å². The summed E-state index contributed by atoms with van der Waals surface area (Å²) >= 11 is 0. The second-order valence-corrected chi connectivity index (χ2v) is 4.98. The van der Waals surface area contributed by atoms with Crippen LogP contribution in [0.5, 0.6) is 11.5 Å². The van der Waals surface area contributed by atoms with Crippen molar-refractivity contribution in [3.05, 3.63) is 24.3 Å². The summed E-state index contributed by atoms with van der Waals surface area (Å²) in [6, 6.07) is 1.51. The molecule has 1 amide bonds. The number of aromatic nitrogens is 3. The highest BCUT2D eigenvalue weighted by Gasteiger charge is 2.28. The number of carbonyl (C=O) groups excluding carboxylic acids is 1. The lowest BCUT2D eigenvalue weighted by molar-refractivity contribution is -0.126. The summed E-state index contributed by atoms with van der Waals surface area (Å²) in [7, 11) is 3.28. The van der Waals surface area contributed by atoms with Crippen molar-refractivity contribution in [3.63, 3.8) is 0 Å². The van der Waals surface area contributed by atoms with Gasteiger partial charge in [-0.1, -0.05) is 0 Å². The topological polar surface area (TPSA) is 69.5 Å². The van der Waals surface area contributed by atoms with Gasteiger partial charge in [-0.2, -0.15) is 5.10 Å². The molecule has 7 nitrogen and oxygen atoms in total. The molecule has 0 saturated carbocycles. The van der Waals surface area contributed by atoms with Crippen LogP contribution in [0.2, 0.25) is 0 Å². The standard InChI is InChI=1S/C14H15FN4O3/c1-18-14(13(21-2)5-17-18)11-3-12(10(15)4-16-11)22-9-6-19(7-9)8-20/h3-5,8-9H,6-7H2,1-2H3. The Kier molecular flexibility index (Phi) is 3.66. The Bertz CT molecular complexity index is 697. The molecule has 0 atom stereocenters. The van der Waals surface area contributed by atoms with Crippen LogP contribution in [0.15, 0.2) is 18.5 Å². The van der Waals surface area contributed by atoms with Crippen LogP contribution in [0.3, 0.4) is 0 Å². The number of pyridine rings is 1. The Balaban J connectivity index is 1.86. The number of ether oxygens (including phenoxy) is 2. The quantitative estimate of drug-likeness (QED) is 0.766. The van der Waals surface area contributed by atoms with Crippen molar-refractivity contribution in [2.24, 2.45) is 7.05 Å². The third-order valence-electron chi connectivity index (χ3n) is 3.51. The van der Waals surface area contributed by atoms with Crippen LogP contribution in [0, 0.1) is 5.82 Å². The minimum Gasteiger partial charge on any atom is -0.493 e. The largest absolute Gasteiger partial charge is 0.493 e. The van der Waals surface area contributed by atoms with Gasteiger partial charge < -0.3 is 14.4 Å². The van der Waals surface area contributed by atoms with Gasteiger partial charge in [0.15, 0.2) is 17.3 Å².